The van der Waals surface area contributed by atoms with Gasteiger partial charge in [0.2, 0.25) is 0 Å². The maximum Gasteiger partial charge on any atom is 0.134 e. The van der Waals surface area contributed by atoms with Crippen LogP contribution in [0.15, 0.2) is 34.8 Å². The Morgan fingerprint density at radius 3 is 2.61 bits per heavy atom. The van der Waals surface area contributed by atoms with E-state index in [4.69, 9.17) is 16.3 Å². The second kappa shape index (κ2) is 6.27. The van der Waals surface area contributed by atoms with Crippen LogP contribution in [-0.4, -0.2) is 17.1 Å². The van der Waals surface area contributed by atoms with Crippen LogP contribution in [0.2, 0.25) is 5.15 Å². The Bertz CT molecular complexity index is 531. The highest BCUT2D eigenvalue weighted by Crippen LogP contribution is 2.14. The molecule has 1 heterocycles. The molecule has 0 aliphatic heterocycles. The Hall–Kier alpha value is -0.970. The first-order valence-corrected chi connectivity index (χ1v) is 6.60. The van der Waals surface area contributed by atoms with Crippen molar-refractivity contribution in [1.29, 1.82) is 0 Å². The summed E-state index contributed by atoms with van der Waals surface area (Å²) in [7, 11) is 1.63. The molecule has 2 rings (SSSR count). The van der Waals surface area contributed by atoms with Crippen LogP contribution in [0.3, 0.4) is 0 Å². The molecular weight excluding hydrogens is 316 g/mol. The number of benzene rings is 1. The van der Waals surface area contributed by atoms with Crippen molar-refractivity contribution < 1.29 is 4.74 Å². The van der Waals surface area contributed by atoms with Crippen LogP contribution in [0.1, 0.15) is 17.1 Å². The summed E-state index contributed by atoms with van der Waals surface area (Å²) in [6.07, 6.45) is 0.657. The predicted molar refractivity (Wildman–Crippen MR) is 74.7 cm³/mol. The predicted octanol–water partition coefficient (Wildman–Crippen LogP) is 3.63. The van der Waals surface area contributed by atoms with E-state index in [-0.39, 0.29) is 0 Å². The molecule has 5 heteroatoms. The standard InChI is InChI=1S/C13H12BrClN2O/c1-18-8-11-7-12(15)17-13(16-11)6-9-2-4-10(14)5-3-9/h2-5,7H,6,8H2,1H3. The molecular formula is C13H12BrClN2O. The minimum Gasteiger partial charge on any atom is -0.378 e. The molecule has 2 aromatic rings. The molecule has 0 amide bonds. The summed E-state index contributed by atoms with van der Waals surface area (Å²) in [6, 6.07) is 9.77. The van der Waals surface area contributed by atoms with E-state index >= 15 is 0 Å². The molecule has 0 bridgehead atoms. The Kier molecular flexibility index (Phi) is 4.69. The smallest absolute Gasteiger partial charge is 0.134 e. The normalized spacial score (nSPS) is 10.6. The minimum absolute atomic E-state index is 0.440. The second-order valence-corrected chi connectivity index (χ2v) is 5.14. The first kappa shape index (κ1) is 13.5. The third kappa shape index (κ3) is 3.77. The number of hydrogen-bond donors (Lipinski definition) is 0. The van der Waals surface area contributed by atoms with Gasteiger partial charge in [0.25, 0.3) is 0 Å². The Labute approximate surface area is 119 Å². The fourth-order valence-electron chi connectivity index (χ4n) is 1.60. The van der Waals surface area contributed by atoms with Gasteiger partial charge in [-0.2, -0.15) is 0 Å². The summed E-state index contributed by atoms with van der Waals surface area (Å²) in [6.45, 7) is 0.440. The van der Waals surface area contributed by atoms with E-state index in [1.54, 1.807) is 13.2 Å². The van der Waals surface area contributed by atoms with Crippen molar-refractivity contribution in [2.24, 2.45) is 0 Å². The number of rotatable bonds is 4. The van der Waals surface area contributed by atoms with E-state index in [0.717, 1.165) is 15.7 Å². The SMILES string of the molecule is COCc1cc(Cl)nc(Cc2ccc(Br)cc2)n1. The Morgan fingerprint density at radius 1 is 1.22 bits per heavy atom. The van der Waals surface area contributed by atoms with Gasteiger partial charge in [0, 0.05) is 18.0 Å². The number of halogens is 2. The number of ether oxygens (including phenoxy) is 1. The molecule has 0 radical (unpaired) electrons. The van der Waals surface area contributed by atoms with Crippen molar-refractivity contribution in [3.05, 3.63) is 57.0 Å². The lowest BCUT2D eigenvalue weighted by molar-refractivity contribution is 0.181. The number of nitrogens with zero attached hydrogens (tertiary/aromatic N) is 2. The van der Waals surface area contributed by atoms with Crippen molar-refractivity contribution >= 4 is 27.5 Å². The molecule has 0 spiro atoms. The lowest BCUT2D eigenvalue weighted by atomic mass is 10.1. The van der Waals surface area contributed by atoms with Gasteiger partial charge in [-0.1, -0.05) is 39.7 Å². The highest BCUT2D eigenvalue weighted by atomic mass is 79.9. The van der Waals surface area contributed by atoms with Gasteiger partial charge in [0.15, 0.2) is 0 Å². The highest BCUT2D eigenvalue weighted by molar-refractivity contribution is 9.10. The van der Waals surface area contributed by atoms with Crippen LogP contribution in [0.25, 0.3) is 0 Å². The topological polar surface area (TPSA) is 35.0 Å². The lowest BCUT2D eigenvalue weighted by Gasteiger charge is -2.05. The summed E-state index contributed by atoms with van der Waals surface area (Å²) in [5.74, 6) is 0.705. The summed E-state index contributed by atoms with van der Waals surface area (Å²) in [5.41, 5.74) is 1.94. The molecule has 0 aliphatic rings. The summed E-state index contributed by atoms with van der Waals surface area (Å²) >= 11 is 9.37. The molecule has 0 fully saturated rings. The summed E-state index contributed by atoms with van der Waals surface area (Å²) in [5, 5.41) is 0.448. The molecule has 0 N–H and O–H groups in total. The van der Waals surface area contributed by atoms with Crippen LogP contribution >= 0.6 is 27.5 Å². The van der Waals surface area contributed by atoms with E-state index in [1.165, 1.54) is 0 Å². The third-order valence-electron chi connectivity index (χ3n) is 2.36. The molecule has 1 aromatic carbocycles. The van der Waals surface area contributed by atoms with Crippen molar-refractivity contribution in [3.63, 3.8) is 0 Å². The van der Waals surface area contributed by atoms with E-state index in [9.17, 15) is 0 Å². The van der Waals surface area contributed by atoms with Crippen molar-refractivity contribution in [2.75, 3.05) is 7.11 Å². The molecule has 0 unspecified atom stereocenters. The molecule has 0 saturated heterocycles. The maximum absolute atomic E-state index is 5.96. The van der Waals surface area contributed by atoms with Crippen LogP contribution in [0, 0.1) is 0 Å². The van der Waals surface area contributed by atoms with Crippen LogP contribution in [-0.2, 0) is 17.8 Å². The first-order valence-electron chi connectivity index (χ1n) is 5.43. The Balaban J connectivity index is 2.20. The average molecular weight is 328 g/mol. The largest absolute Gasteiger partial charge is 0.378 e. The van der Waals surface area contributed by atoms with Crippen LogP contribution in [0.5, 0.6) is 0 Å². The van der Waals surface area contributed by atoms with Crippen molar-refractivity contribution in [2.45, 2.75) is 13.0 Å². The van der Waals surface area contributed by atoms with E-state index in [1.807, 2.05) is 24.3 Å². The highest BCUT2D eigenvalue weighted by Gasteiger charge is 2.04. The monoisotopic (exact) mass is 326 g/mol. The zero-order valence-corrected chi connectivity index (χ0v) is 12.2. The van der Waals surface area contributed by atoms with Gasteiger partial charge < -0.3 is 4.74 Å². The average Bonchev–Trinajstić information content (AvgIpc) is 2.32. The lowest BCUT2D eigenvalue weighted by Crippen LogP contribution is -2.02. The second-order valence-electron chi connectivity index (χ2n) is 3.83. The fraction of sp³-hybridized carbons (Fsp3) is 0.231. The van der Waals surface area contributed by atoms with Crippen LogP contribution < -0.4 is 0 Å². The molecule has 0 saturated carbocycles. The van der Waals surface area contributed by atoms with Crippen molar-refractivity contribution in [1.82, 2.24) is 9.97 Å². The summed E-state index contributed by atoms with van der Waals surface area (Å²) < 4.78 is 6.10. The van der Waals surface area contributed by atoms with Gasteiger partial charge in [-0.25, -0.2) is 9.97 Å². The minimum atomic E-state index is 0.440. The van der Waals surface area contributed by atoms with Gasteiger partial charge >= 0.3 is 0 Å². The number of methoxy groups -OCH3 is 1. The molecule has 18 heavy (non-hydrogen) atoms. The van der Waals surface area contributed by atoms with E-state index in [2.05, 4.69) is 25.9 Å². The van der Waals surface area contributed by atoms with Gasteiger partial charge in [-0.15, -0.1) is 0 Å². The zero-order valence-electron chi connectivity index (χ0n) is 9.86. The van der Waals surface area contributed by atoms with Crippen molar-refractivity contribution in [3.8, 4) is 0 Å². The maximum atomic E-state index is 5.96. The summed E-state index contributed by atoms with van der Waals surface area (Å²) in [4.78, 5) is 8.63. The zero-order chi connectivity index (χ0) is 13.0. The fourth-order valence-corrected chi connectivity index (χ4v) is 2.09. The quantitative estimate of drug-likeness (QED) is 0.804. The molecule has 1 aromatic heterocycles. The van der Waals surface area contributed by atoms with Gasteiger partial charge in [-0.3, -0.25) is 0 Å². The molecule has 94 valence electrons. The Morgan fingerprint density at radius 2 is 1.94 bits per heavy atom. The number of hydrogen-bond acceptors (Lipinski definition) is 3. The third-order valence-corrected chi connectivity index (χ3v) is 3.08. The van der Waals surface area contributed by atoms with Crippen LogP contribution in [0.4, 0.5) is 0 Å². The molecule has 0 aliphatic carbocycles. The first-order chi connectivity index (χ1) is 8.67. The molecule has 0 atom stereocenters. The van der Waals surface area contributed by atoms with Gasteiger partial charge in [0.05, 0.1) is 12.3 Å². The van der Waals surface area contributed by atoms with Gasteiger partial charge in [-0.05, 0) is 23.8 Å². The molecule has 3 nitrogen and oxygen atoms in total. The van der Waals surface area contributed by atoms with E-state index < -0.39 is 0 Å². The van der Waals surface area contributed by atoms with E-state index in [0.29, 0.717) is 24.0 Å². The van der Waals surface area contributed by atoms with Gasteiger partial charge in [0.1, 0.15) is 11.0 Å². The number of aromatic nitrogens is 2.